The summed E-state index contributed by atoms with van der Waals surface area (Å²) in [5.74, 6) is 0.911. The van der Waals surface area contributed by atoms with Gasteiger partial charge in [-0.15, -0.1) is 0 Å². The van der Waals surface area contributed by atoms with Crippen LogP contribution in [0.1, 0.15) is 5.56 Å². The summed E-state index contributed by atoms with van der Waals surface area (Å²) in [5.41, 5.74) is 3.35. The summed E-state index contributed by atoms with van der Waals surface area (Å²) < 4.78 is 0. The molecule has 0 aliphatic carbocycles. The van der Waals surface area contributed by atoms with Crippen LogP contribution in [0, 0.1) is 0 Å². The van der Waals surface area contributed by atoms with Gasteiger partial charge in [0, 0.05) is 5.75 Å². The second-order valence-corrected chi connectivity index (χ2v) is 5.19. The highest BCUT2D eigenvalue weighted by atomic mass is 35.5. The first kappa shape index (κ1) is 14.7. The smallest absolute Gasteiger partial charge is 0.166 e. The minimum absolute atomic E-state index is 0. The minimum Gasteiger partial charge on any atom is -1.00 e. The van der Waals surface area contributed by atoms with Gasteiger partial charge < -0.3 is 17.4 Å². The Morgan fingerprint density at radius 1 is 1.00 bits per heavy atom. The minimum atomic E-state index is 0. The van der Waals surface area contributed by atoms with E-state index in [2.05, 4.69) is 34.3 Å². The van der Waals surface area contributed by atoms with Crippen LogP contribution in [0.25, 0.3) is 17.1 Å². The molecule has 0 fully saturated rings. The molecule has 102 valence electrons. The Morgan fingerprint density at radius 3 is 2.55 bits per heavy atom. The van der Waals surface area contributed by atoms with Crippen molar-refractivity contribution in [3.63, 3.8) is 0 Å². The van der Waals surface area contributed by atoms with Gasteiger partial charge in [0.25, 0.3) is 0 Å². The van der Waals surface area contributed by atoms with Crippen LogP contribution in [-0.4, -0.2) is 15.7 Å². The summed E-state index contributed by atoms with van der Waals surface area (Å²) in [6.07, 6.45) is 4.29. The molecule has 2 nitrogen and oxygen atoms in total. The zero-order chi connectivity index (χ0) is 12.9. The second-order valence-electron chi connectivity index (χ2n) is 4.18. The Bertz CT molecular complexity index is 659. The molecule has 0 saturated carbocycles. The zero-order valence-electron chi connectivity index (χ0n) is 10.8. The van der Waals surface area contributed by atoms with E-state index < -0.39 is 0 Å². The van der Waals surface area contributed by atoms with Gasteiger partial charge in [-0.05, 0) is 17.7 Å². The lowest BCUT2D eigenvalue weighted by atomic mass is 10.2. The molecule has 0 unspecified atom stereocenters. The quantitative estimate of drug-likeness (QED) is 0.738. The third-order valence-electron chi connectivity index (χ3n) is 2.79. The van der Waals surface area contributed by atoms with E-state index in [0.717, 1.165) is 21.9 Å². The number of imidazole rings is 1. The Kier molecular flexibility index (Phi) is 5.27. The van der Waals surface area contributed by atoms with Crippen LogP contribution in [-0.2, 0) is 0 Å². The maximum atomic E-state index is 4.53. The number of nitrogens with one attached hydrogen (secondary N) is 1. The largest absolute Gasteiger partial charge is 1.00 e. The van der Waals surface area contributed by atoms with Crippen LogP contribution in [0.3, 0.4) is 0 Å². The molecule has 4 heteroatoms. The van der Waals surface area contributed by atoms with Crippen LogP contribution >= 0.6 is 11.8 Å². The highest BCUT2D eigenvalue weighted by Crippen LogP contribution is 2.19. The summed E-state index contributed by atoms with van der Waals surface area (Å²) >= 11 is 1.71. The van der Waals surface area contributed by atoms with Crippen LogP contribution in [0.5, 0.6) is 0 Å². The Hall–Kier alpha value is -1.71. The average molecular weight is 302 g/mol. The fourth-order valence-electron chi connectivity index (χ4n) is 1.87. The number of hydrogen-bond acceptors (Lipinski definition) is 2. The molecular weight excluding hydrogens is 288 g/mol. The van der Waals surface area contributed by atoms with Gasteiger partial charge in [0.2, 0.25) is 0 Å². The molecule has 1 aromatic heterocycles. The number of benzene rings is 2. The Balaban J connectivity index is 0.00000147. The van der Waals surface area contributed by atoms with E-state index in [0.29, 0.717) is 0 Å². The number of fused-ring (bicyclic) bond motifs is 1. The molecular formula is C16H14ClN2S-. The number of hydrogen-bond donors (Lipinski definition) is 1. The first-order valence-corrected chi connectivity index (χ1v) is 7.19. The van der Waals surface area contributed by atoms with Crippen LogP contribution in [0.2, 0.25) is 0 Å². The number of para-hydroxylation sites is 2. The molecule has 3 rings (SSSR count). The van der Waals surface area contributed by atoms with Gasteiger partial charge in [-0.3, -0.25) is 0 Å². The van der Waals surface area contributed by atoms with Crippen molar-refractivity contribution in [1.82, 2.24) is 9.97 Å². The number of aromatic amines is 1. The lowest BCUT2D eigenvalue weighted by molar-refractivity contribution is -0.00000376. The molecule has 0 radical (unpaired) electrons. The van der Waals surface area contributed by atoms with Gasteiger partial charge in [-0.2, -0.15) is 0 Å². The molecule has 0 amide bonds. The first-order valence-electron chi connectivity index (χ1n) is 6.21. The van der Waals surface area contributed by atoms with E-state index in [9.17, 15) is 0 Å². The summed E-state index contributed by atoms with van der Waals surface area (Å²) in [4.78, 5) is 7.84. The van der Waals surface area contributed by atoms with Gasteiger partial charge >= 0.3 is 0 Å². The van der Waals surface area contributed by atoms with Gasteiger partial charge in [0.1, 0.15) is 0 Å². The second kappa shape index (κ2) is 7.17. The maximum Gasteiger partial charge on any atom is 0.166 e. The molecule has 1 N–H and O–H groups in total. The van der Waals surface area contributed by atoms with Gasteiger partial charge in [0.15, 0.2) is 5.16 Å². The number of thioether (sulfide) groups is 1. The van der Waals surface area contributed by atoms with Crippen molar-refractivity contribution in [3.05, 3.63) is 66.2 Å². The van der Waals surface area contributed by atoms with E-state index in [1.54, 1.807) is 11.8 Å². The molecule has 20 heavy (non-hydrogen) atoms. The van der Waals surface area contributed by atoms with E-state index >= 15 is 0 Å². The number of aromatic nitrogens is 2. The van der Waals surface area contributed by atoms with E-state index in [1.165, 1.54) is 5.56 Å². The fourth-order valence-corrected chi connectivity index (χ4v) is 2.57. The third kappa shape index (κ3) is 3.65. The topological polar surface area (TPSA) is 28.7 Å². The molecule has 2 aromatic carbocycles. The molecule has 1 heterocycles. The Labute approximate surface area is 128 Å². The molecule has 3 aromatic rings. The van der Waals surface area contributed by atoms with Crippen molar-refractivity contribution in [3.8, 4) is 0 Å². The van der Waals surface area contributed by atoms with Crippen molar-refractivity contribution < 1.29 is 12.4 Å². The first-order chi connectivity index (χ1) is 9.42. The summed E-state index contributed by atoms with van der Waals surface area (Å²) in [7, 11) is 0. The van der Waals surface area contributed by atoms with Crippen molar-refractivity contribution in [2.75, 3.05) is 5.75 Å². The summed E-state index contributed by atoms with van der Waals surface area (Å²) in [6, 6.07) is 18.4. The summed E-state index contributed by atoms with van der Waals surface area (Å²) in [6.45, 7) is 0. The fraction of sp³-hybridized carbons (Fsp3) is 0.0625. The predicted octanol–water partition coefficient (Wildman–Crippen LogP) is 1.37. The van der Waals surface area contributed by atoms with Crippen molar-refractivity contribution in [2.45, 2.75) is 5.16 Å². The molecule has 0 aliphatic heterocycles. The van der Waals surface area contributed by atoms with E-state index in [-0.39, 0.29) is 12.4 Å². The third-order valence-corrected chi connectivity index (χ3v) is 3.62. The van der Waals surface area contributed by atoms with Gasteiger partial charge in [0.05, 0.1) is 11.0 Å². The molecule has 0 spiro atoms. The molecule has 0 bridgehead atoms. The zero-order valence-corrected chi connectivity index (χ0v) is 12.4. The van der Waals surface area contributed by atoms with Crippen LogP contribution < -0.4 is 12.4 Å². The SMILES string of the molecule is C(=Cc1ccccc1)CSc1nc2ccccc2[nH]1.[Cl-]. The van der Waals surface area contributed by atoms with E-state index in [1.807, 2.05) is 42.5 Å². The number of rotatable bonds is 4. The molecule has 0 aliphatic rings. The van der Waals surface area contributed by atoms with E-state index in [4.69, 9.17) is 0 Å². The normalized spacial score (nSPS) is 10.8. The highest BCUT2D eigenvalue weighted by Gasteiger charge is 2.00. The standard InChI is InChI=1S/C16H14N2S.ClH/c1-2-7-13(8-3-1)9-6-12-19-16-17-14-10-4-5-11-15(14)18-16;/h1-11H,12H2,(H,17,18);1H/p-1. The number of H-pyrrole nitrogens is 1. The number of nitrogens with zero attached hydrogens (tertiary/aromatic N) is 1. The lowest BCUT2D eigenvalue weighted by Crippen LogP contribution is -3.00. The summed E-state index contributed by atoms with van der Waals surface area (Å²) in [5, 5.41) is 0.971. The van der Waals surface area contributed by atoms with Gasteiger partial charge in [-0.25, -0.2) is 4.98 Å². The van der Waals surface area contributed by atoms with Crippen LogP contribution in [0.15, 0.2) is 65.8 Å². The van der Waals surface area contributed by atoms with Crippen molar-refractivity contribution in [2.24, 2.45) is 0 Å². The lowest BCUT2D eigenvalue weighted by Gasteiger charge is -1.92. The average Bonchev–Trinajstić information content (AvgIpc) is 2.87. The monoisotopic (exact) mass is 301 g/mol. The predicted molar refractivity (Wildman–Crippen MR) is 82.3 cm³/mol. The highest BCUT2D eigenvalue weighted by molar-refractivity contribution is 7.99. The Morgan fingerprint density at radius 2 is 1.75 bits per heavy atom. The van der Waals surface area contributed by atoms with Crippen molar-refractivity contribution in [1.29, 1.82) is 0 Å². The van der Waals surface area contributed by atoms with Gasteiger partial charge in [-0.1, -0.05) is 66.4 Å². The van der Waals surface area contributed by atoms with Crippen molar-refractivity contribution >= 4 is 28.9 Å². The number of halogens is 1. The molecule has 0 atom stereocenters. The molecule has 0 saturated heterocycles. The maximum absolute atomic E-state index is 4.53. The van der Waals surface area contributed by atoms with Crippen LogP contribution in [0.4, 0.5) is 0 Å².